The molecule has 0 radical (unpaired) electrons. The van der Waals surface area contributed by atoms with Crippen molar-refractivity contribution in [1.29, 1.82) is 5.26 Å². The third kappa shape index (κ3) is 5.03. The van der Waals surface area contributed by atoms with E-state index in [-0.39, 0.29) is 17.4 Å². The predicted octanol–water partition coefficient (Wildman–Crippen LogP) is 4.90. The van der Waals surface area contributed by atoms with E-state index in [1.807, 2.05) is 0 Å². The van der Waals surface area contributed by atoms with E-state index in [1.165, 1.54) is 18.3 Å². The molecule has 4 heterocycles. The largest absolute Gasteiger partial charge is 0.573 e. The summed E-state index contributed by atoms with van der Waals surface area (Å²) in [4.78, 5) is 14.2. The molecule has 1 aliphatic rings. The van der Waals surface area contributed by atoms with Gasteiger partial charge in [0.15, 0.2) is 11.4 Å². The molecule has 3 aromatic heterocycles. The minimum Gasteiger partial charge on any atom is -0.487 e. The minimum atomic E-state index is -4.90. The molecule has 0 aliphatic carbocycles. The summed E-state index contributed by atoms with van der Waals surface area (Å²) in [5.41, 5.74) is 2.28. The Balaban J connectivity index is 1.59. The van der Waals surface area contributed by atoms with E-state index in [1.54, 1.807) is 18.3 Å². The van der Waals surface area contributed by atoms with E-state index in [4.69, 9.17) is 4.74 Å². The summed E-state index contributed by atoms with van der Waals surface area (Å²) in [6.45, 7) is 4.29. The highest BCUT2D eigenvalue weighted by Crippen LogP contribution is 2.38. The normalized spacial score (nSPS) is 15.2. The highest BCUT2D eigenvalue weighted by molar-refractivity contribution is 6.10. The summed E-state index contributed by atoms with van der Waals surface area (Å²) < 4.78 is 49.2. The number of likely N-dealkylation sites (tertiary alicyclic amines) is 1. The van der Waals surface area contributed by atoms with Crippen molar-refractivity contribution in [3.05, 3.63) is 47.9 Å². The van der Waals surface area contributed by atoms with Gasteiger partial charge in [0.1, 0.15) is 23.6 Å². The zero-order valence-corrected chi connectivity index (χ0v) is 20.0. The molecular weight excluding hydrogens is 487 g/mol. The van der Waals surface area contributed by atoms with Crippen LogP contribution in [0.4, 0.5) is 13.2 Å². The highest BCUT2D eigenvalue weighted by atomic mass is 19.4. The van der Waals surface area contributed by atoms with Crippen LogP contribution in [0.15, 0.2) is 36.7 Å². The first-order chi connectivity index (χ1) is 17.8. The number of aliphatic hydroxyl groups is 1. The number of hydrogen-bond donors (Lipinski definition) is 2. The number of fused-ring (bicyclic) bond motifs is 3. The van der Waals surface area contributed by atoms with Crippen molar-refractivity contribution in [2.75, 3.05) is 19.6 Å². The number of rotatable bonds is 6. The molecule has 37 heavy (non-hydrogen) atoms. The van der Waals surface area contributed by atoms with Gasteiger partial charge < -0.3 is 24.5 Å². The van der Waals surface area contributed by atoms with Crippen molar-refractivity contribution in [2.45, 2.75) is 38.8 Å². The van der Waals surface area contributed by atoms with Gasteiger partial charge in [0.05, 0.1) is 23.7 Å². The third-order valence-electron chi connectivity index (χ3n) is 6.61. The number of alkyl halides is 3. The predicted molar refractivity (Wildman–Crippen MR) is 130 cm³/mol. The molecule has 0 unspecified atom stereocenters. The average Bonchev–Trinajstić information content (AvgIpc) is 3.26. The van der Waals surface area contributed by atoms with Crippen LogP contribution in [-0.2, 0) is 6.61 Å². The van der Waals surface area contributed by atoms with Gasteiger partial charge >= 0.3 is 6.36 Å². The van der Waals surface area contributed by atoms with E-state index in [2.05, 4.69) is 37.6 Å². The average molecular weight is 512 g/mol. The summed E-state index contributed by atoms with van der Waals surface area (Å²) >= 11 is 0. The van der Waals surface area contributed by atoms with Crippen LogP contribution in [0.1, 0.15) is 31.0 Å². The molecule has 5 rings (SSSR count). The second kappa shape index (κ2) is 9.88. The summed E-state index contributed by atoms with van der Waals surface area (Å²) in [7, 11) is 0. The molecule has 0 saturated carbocycles. The molecule has 8 nitrogen and oxygen atoms in total. The molecule has 0 spiro atoms. The molecule has 1 aliphatic heterocycles. The third-order valence-corrected chi connectivity index (χ3v) is 6.61. The number of nitriles is 1. The molecule has 1 fully saturated rings. The maximum absolute atomic E-state index is 12.9. The van der Waals surface area contributed by atoms with E-state index in [9.17, 15) is 23.5 Å². The Kier molecular flexibility index (Phi) is 6.62. The van der Waals surface area contributed by atoms with Crippen molar-refractivity contribution >= 4 is 21.9 Å². The molecular formula is C26H24F3N5O3. The first-order valence-electron chi connectivity index (χ1n) is 11.9. The van der Waals surface area contributed by atoms with Gasteiger partial charge in [-0.15, -0.1) is 13.2 Å². The fourth-order valence-corrected chi connectivity index (χ4v) is 4.68. The van der Waals surface area contributed by atoms with Gasteiger partial charge in [-0.1, -0.05) is 19.1 Å². The fraction of sp³-hybridized carbons (Fsp3) is 0.346. The van der Waals surface area contributed by atoms with E-state index in [0.29, 0.717) is 38.8 Å². The number of pyridine rings is 2. The summed E-state index contributed by atoms with van der Waals surface area (Å²) in [6, 6.07) is 8.08. The summed E-state index contributed by atoms with van der Waals surface area (Å²) in [5.74, 6) is -0.109. The number of H-pyrrole nitrogens is 1. The van der Waals surface area contributed by atoms with Crippen LogP contribution in [0.5, 0.6) is 11.5 Å². The topological polar surface area (TPSA) is 107 Å². The highest BCUT2D eigenvalue weighted by Gasteiger charge is 2.32. The number of ether oxygens (including phenoxy) is 2. The number of hydrogen-bond acceptors (Lipinski definition) is 7. The molecule has 1 saturated heterocycles. The number of halogens is 3. The van der Waals surface area contributed by atoms with Crippen LogP contribution in [0.2, 0.25) is 0 Å². The molecule has 11 heteroatoms. The number of aromatic nitrogens is 3. The Labute approximate surface area is 210 Å². The van der Waals surface area contributed by atoms with Crippen LogP contribution in [0, 0.1) is 11.3 Å². The van der Waals surface area contributed by atoms with Crippen molar-refractivity contribution in [3.63, 3.8) is 0 Å². The number of aromatic amines is 1. The fourth-order valence-electron chi connectivity index (χ4n) is 4.68. The van der Waals surface area contributed by atoms with Crippen LogP contribution in [-0.4, -0.2) is 57.1 Å². The lowest BCUT2D eigenvalue weighted by molar-refractivity contribution is -0.275. The Bertz CT molecular complexity index is 1490. The van der Waals surface area contributed by atoms with Gasteiger partial charge in [-0.2, -0.15) is 5.26 Å². The molecule has 4 aromatic rings. The molecule has 0 amide bonds. The van der Waals surface area contributed by atoms with Crippen molar-refractivity contribution in [1.82, 2.24) is 19.9 Å². The van der Waals surface area contributed by atoms with E-state index in [0.717, 1.165) is 32.5 Å². The summed E-state index contributed by atoms with van der Waals surface area (Å²) in [6.07, 6.45) is -0.255. The van der Waals surface area contributed by atoms with Crippen LogP contribution in [0.25, 0.3) is 33.1 Å². The summed E-state index contributed by atoms with van der Waals surface area (Å²) in [5, 5.41) is 20.5. The molecule has 1 aromatic carbocycles. The number of piperidine rings is 1. The van der Waals surface area contributed by atoms with Gasteiger partial charge in [-0.05, 0) is 37.1 Å². The molecule has 192 valence electrons. The Morgan fingerprint density at radius 1 is 1.16 bits per heavy atom. The minimum absolute atomic E-state index is 0.0109. The zero-order valence-electron chi connectivity index (χ0n) is 20.0. The lowest BCUT2D eigenvalue weighted by Gasteiger charge is -2.31. The number of nitrogens with one attached hydrogen (secondary N) is 1. The van der Waals surface area contributed by atoms with Gasteiger partial charge in [-0.25, -0.2) is 9.97 Å². The smallest absolute Gasteiger partial charge is 0.487 e. The number of nitrogens with zero attached hydrogens (tertiary/aromatic N) is 4. The SMILES string of the molecule is CCN1CCC(Oc2c(C#N)ncc3[nH]c4ncc(-c5ccc(CO)c(OC(F)(F)F)c5)cc4c23)CC1. The van der Waals surface area contributed by atoms with Gasteiger partial charge in [0.25, 0.3) is 0 Å². The first kappa shape index (κ1) is 24.8. The quantitative estimate of drug-likeness (QED) is 0.379. The maximum atomic E-state index is 12.9. The van der Waals surface area contributed by atoms with Gasteiger partial charge in [-0.3, -0.25) is 0 Å². The van der Waals surface area contributed by atoms with Gasteiger partial charge in [0.2, 0.25) is 0 Å². The molecule has 2 N–H and O–H groups in total. The monoisotopic (exact) mass is 511 g/mol. The Hall–Kier alpha value is -3.88. The van der Waals surface area contributed by atoms with Crippen LogP contribution < -0.4 is 9.47 Å². The maximum Gasteiger partial charge on any atom is 0.573 e. The number of aliphatic hydroxyl groups excluding tert-OH is 1. The van der Waals surface area contributed by atoms with Crippen LogP contribution >= 0.6 is 0 Å². The first-order valence-corrected chi connectivity index (χ1v) is 11.9. The number of benzene rings is 1. The van der Waals surface area contributed by atoms with Crippen molar-refractivity contribution in [2.24, 2.45) is 0 Å². The van der Waals surface area contributed by atoms with E-state index < -0.39 is 18.7 Å². The second-order valence-corrected chi connectivity index (χ2v) is 8.86. The second-order valence-electron chi connectivity index (χ2n) is 8.86. The van der Waals surface area contributed by atoms with Crippen molar-refractivity contribution < 1.29 is 27.8 Å². The van der Waals surface area contributed by atoms with Gasteiger partial charge in [0, 0.05) is 35.8 Å². The lowest BCUT2D eigenvalue weighted by Crippen LogP contribution is -2.38. The Morgan fingerprint density at radius 3 is 2.62 bits per heavy atom. The molecule has 0 atom stereocenters. The van der Waals surface area contributed by atoms with E-state index >= 15 is 0 Å². The molecule has 0 bridgehead atoms. The van der Waals surface area contributed by atoms with Crippen LogP contribution in [0.3, 0.4) is 0 Å². The standard InChI is InChI=1S/C26H24F3N5O3/c1-2-34-7-5-18(6-8-34)36-24-20(11-30)31-13-21-23(24)19-9-17(12-32-25(19)33-21)15-3-4-16(14-35)22(10-15)37-26(27,28)29/h3-4,9-10,12-13,18,35H,2,5-8,14H2,1H3,(H,32,33). The van der Waals surface area contributed by atoms with Crippen molar-refractivity contribution in [3.8, 4) is 28.7 Å². The lowest BCUT2D eigenvalue weighted by atomic mass is 10.0. The zero-order chi connectivity index (χ0) is 26.2. The Morgan fingerprint density at radius 2 is 1.95 bits per heavy atom.